The first-order chi connectivity index (χ1) is 8.49. The normalized spacial score (nSPS) is 14.2. The van der Waals surface area contributed by atoms with Crippen LogP contribution in [-0.2, 0) is 20.2 Å². The van der Waals surface area contributed by atoms with Crippen LogP contribution >= 0.6 is 11.3 Å². The number of carbonyl (C=O) groups excluding carboxylic acids is 1. The second-order valence-electron chi connectivity index (χ2n) is 5.39. The molecule has 0 radical (unpaired) electrons. The van der Waals surface area contributed by atoms with Crippen LogP contribution in [-0.4, -0.2) is 31.6 Å². The molecule has 1 rings (SSSR count). The van der Waals surface area contributed by atoms with Crippen LogP contribution < -0.4 is 10.0 Å². The standard InChI is InChI=1S/C11H19N3O3S2/c1-7(14-19(5,16)17)9(15)13-10-12-8(6-18-10)11(2,3)4/h6-7,14H,1-5H3,(H,12,13,15). The van der Waals surface area contributed by atoms with Gasteiger partial charge in [0.15, 0.2) is 5.13 Å². The van der Waals surface area contributed by atoms with E-state index in [9.17, 15) is 13.2 Å². The predicted octanol–water partition coefficient (Wildman–Crippen LogP) is 1.32. The molecule has 0 aliphatic heterocycles. The number of thiazole rings is 1. The van der Waals surface area contributed by atoms with Crippen LogP contribution in [0, 0.1) is 0 Å². The summed E-state index contributed by atoms with van der Waals surface area (Å²) in [5, 5.41) is 4.95. The van der Waals surface area contributed by atoms with E-state index in [0.717, 1.165) is 11.9 Å². The average molecular weight is 305 g/mol. The first-order valence-corrected chi connectivity index (χ1v) is 8.50. The van der Waals surface area contributed by atoms with Gasteiger partial charge in [0.2, 0.25) is 15.9 Å². The summed E-state index contributed by atoms with van der Waals surface area (Å²) in [6.45, 7) is 7.57. The number of carbonyl (C=O) groups is 1. The third-order valence-electron chi connectivity index (χ3n) is 2.29. The maximum atomic E-state index is 11.8. The lowest BCUT2D eigenvalue weighted by Gasteiger charge is -2.14. The molecule has 1 unspecified atom stereocenters. The van der Waals surface area contributed by atoms with Crippen molar-refractivity contribution in [3.63, 3.8) is 0 Å². The van der Waals surface area contributed by atoms with Crippen molar-refractivity contribution in [3.05, 3.63) is 11.1 Å². The molecule has 1 aromatic heterocycles. The fraction of sp³-hybridized carbons (Fsp3) is 0.636. The van der Waals surface area contributed by atoms with Gasteiger partial charge in [0.05, 0.1) is 18.0 Å². The Morgan fingerprint density at radius 3 is 2.42 bits per heavy atom. The second-order valence-corrected chi connectivity index (χ2v) is 8.03. The van der Waals surface area contributed by atoms with E-state index in [1.165, 1.54) is 18.3 Å². The van der Waals surface area contributed by atoms with Crippen molar-refractivity contribution >= 4 is 32.4 Å². The van der Waals surface area contributed by atoms with Crippen molar-refractivity contribution in [2.75, 3.05) is 11.6 Å². The predicted molar refractivity (Wildman–Crippen MR) is 76.9 cm³/mol. The van der Waals surface area contributed by atoms with E-state index in [4.69, 9.17) is 0 Å². The average Bonchev–Trinajstić information content (AvgIpc) is 2.62. The second kappa shape index (κ2) is 5.56. The van der Waals surface area contributed by atoms with Crippen molar-refractivity contribution in [2.45, 2.75) is 39.2 Å². The van der Waals surface area contributed by atoms with Crippen molar-refractivity contribution in [2.24, 2.45) is 0 Å². The lowest BCUT2D eigenvalue weighted by molar-refractivity contribution is -0.117. The highest BCUT2D eigenvalue weighted by Gasteiger charge is 2.21. The Hall–Kier alpha value is -0.990. The molecule has 0 bridgehead atoms. The van der Waals surface area contributed by atoms with Crippen LogP contribution in [0.15, 0.2) is 5.38 Å². The smallest absolute Gasteiger partial charge is 0.244 e. The topological polar surface area (TPSA) is 88.2 Å². The van der Waals surface area contributed by atoms with Crippen LogP contribution in [0.2, 0.25) is 0 Å². The number of amides is 1. The van der Waals surface area contributed by atoms with Gasteiger partial charge in [-0.3, -0.25) is 4.79 Å². The highest BCUT2D eigenvalue weighted by molar-refractivity contribution is 7.88. The minimum atomic E-state index is -3.41. The number of aromatic nitrogens is 1. The molecule has 0 saturated heterocycles. The minimum absolute atomic E-state index is 0.0872. The Labute approximate surface area is 117 Å². The van der Waals surface area contributed by atoms with E-state index in [1.807, 2.05) is 26.2 Å². The highest BCUT2D eigenvalue weighted by Crippen LogP contribution is 2.26. The molecule has 0 aliphatic carbocycles. The van der Waals surface area contributed by atoms with Gasteiger partial charge >= 0.3 is 0 Å². The van der Waals surface area contributed by atoms with Crippen molar-refractivity contribution in [1.29, 1.82) is 0 Å². The molecule has 2 N–H and O–H groups in total. The fourth-order valence-corrected chi connectivity index (χ4v) is 2.95. The number of hydrogen-bond donors (Lipinski definition) is 2. The zero-order valence-corrected chi connectivity index (χ0v) is 13.3. The van der Waals surface area contributed by atoms with Crippen LogP contribution in [0.1, 0.15) is 33.4 Å². The fourth-order valence-electron chi connectivity index (χ4n) is 1.26. The summed E-state index contributed by atoms with van der Waals surface area (Å²) in [6.07, 6.45) is 1.01. The molecule has 108 valence electrons. The molecule has 19 heavy (non-hydrogen) atoms. The van der Waals surface area contributed by atoms with E-state index >= 15 is 0 Å². The summed E-state index contributed by atoms with van der Waals surface area (Å²) in [7, 11) is -3.41. The molecule has 6 nitrogen and oxygen atoms in total. The molecule has 1 atom stereocenters. The third kappa shape index (κ3) is 5.25. The highest BCUT2D eigenvalue weighted by atomic mass is 32.2. The van der Waals surface area contributed by atoms with Crippen LogP contribution in [0.5, 0.6) is 0 Å². The molecular formula is C11H19N3O3S2. The van der Waals surface area contributed by atoms with Gasteiger partial charge in [0, 0.05) is 10.8 Å². The Morgan fingerprint density at radius 2 is 2.00 bits per heavy atom. The van der Waals surface area contributed by atoms with Crippen LogP contribution in [0.25, 0.3) is 0 Å². The van der Waals surface area contributed by atoms with E-state index in [0.29, 0.717) is 5.13 Å². The van der Waals surface area contributed by atoms with Crippen molar-refractivity contribution < 1.29 is 13.2 Å². The van der Waals surface area contributed by atoms with Gasteiger partial charge in [0.1, 0.15) is 0 Å². The zero-order valence-electron chi connectivity index (χ0n) is 11.6. The number of nitrogens with zero attached hydrogens (tertiary/aromatic N) is 1. The van der Waals surface area contributed by atoms with E-state index in [2.05, 4.69) is 15.0 Å². The third-order valence-corrected chi connectivity index (χ3v) is 3.83. The minimum Gasteiger partial charge on any atom is -0.301 e. The first kappa shape index (κ1) is 16.1. The summed E-state index contributed by atoms with van der Waals surface area (Å²) in [6, 6.07) is -0.836. The molecule has 1 heterocycles. The number of sulfonamides is 1. The molecule has 8 heteroatoms. The summed E-state index contributed by atoms with van der Waals surface area (Å²) < 4.78 is 24.3. The van der Waals surface area contributed by atoms with Crippen molar-refractivity contribution in [1.82, 2.24) is 9.71 Å². The summed E-state index contributed by atoms with van der Waals surface area (Å²) in [4.78, 5) is 16.1. The van der Waals surface area contributed by atoms with E-state index in [1.54, 1.807) is 0 Å². The molecule has 0 fully saturated rings. The summed E-state index contributed by atoms with van der Waals surface area (Å²) in [5.74, 6) is -0.430. The molecule has 0 saturated carbocycles. The number of rotatable bonds is 4. The summed E-state index contributed by atoms with van der Waals surface area (Å²) >= 11 is 1.32. The first-order valence-electron chi connectivity index (χ1n) is 5.73. The van der Waals surface area contributed by atoms with Gasteiger partial charge in [0.25, 0.3) is 0 Å². The Bertz CT molecular complexity index is 558. The number of anilines is 1. The van der Waals surface area contributed by atoms with Crippen LogP contribution in [0.3, 0.4) is 0 Å². The molecule has 0 aromatic carbocycles. The molecule has 1 aromatic rings. The molecule has 0 aliphatic rings. The van der Waals surface area contributed by atoms with Crippen LogP contribution in [0.4, 0.5) is 5.13 Å². The summed E-state index contributed by atoms with van der Waals surface area (Å²) in [5.41, 5.74) is 0.798. The monoisotopic (exact) mass is 305 g/mol. The van der Waals surface area contributed by atoms with Gasteiger partial charge in [-0.2, -0.15) is 0 Å². The van der Waals surface area contributed by atoms with Crippen molar-refractivity contribution in [3.8, 4) is 0 Å². The van der Waals surface area contributed by atoms with Gasteiger partial charge in [-0.05, 0) is 6.92 Å². The van der Waals surface area contributed by atoms with Gasteiger partial charge in [-0.15, -0.1) is 11.3 Å². The lowest BCUT2D eigenvalue weighted by atomic mass is 9.93. The largest absolute Gasteiger partial charge is 0.301 e. The zero-order chi connectivity index (χ0) is 14.8. The maximum Gasteiger partial charge on any atom is 0.244 e. The van der Waals surface area contributed by atoms with E-state index < -0.39 is 22.0 Å². The Morgan fingerprint density at radius 1 is 1.42 bits per heavy atom. The number of nitrogens with one attached hydrogen (secondary N) is 2. The lowest BCUT2D eigenvalue weighted by Crippen LogP contribution is -2.41. The maximum absolute atomic E-state index is 11.8. The quantitative estimate of drug-likeness (QED) is 0.878. The van der Waals surface area contributed by atoms with E-state index in [-0.39, 0.29) is 5.41 Å². The molecular weight excluding hydrogens is 286 g/mol. The number of hydrogen-bond acceptors (Lipinski definition) is 5. The van der Waals surface area contributed by atoms with Gasteiger partial charge in [-0.1, -0.05) is 20.8 Å². The van der Waals surface area contributed by atoms with Gasteiger partial charge < -0.3 is 5.32 Å². The molecule has 0 spiro atoms. The molecule has 1 amide bonds. The SMILES string of the molecule is CC(NS(C)(=O)=O)C(=O)Nc1nc(C(C)(C)C)cs1. The Kier molecular flexibility index (Phi) is 4.70. The van der Waals surface area contributed by atoms with Gasteiger partial charge in [-0.25, -0.2) is 18.1 Å². The Balaban J connectivity index is 2.70.